The van der Waals surface area contributed by atoms with Crippen LogP contribution in [0.5, 0.6) is 0 Å². The summed E-state index contributed by atoms with van der Waals surface area (Å²) >= 11 is 0. The van der Waals surface area contributed by atoms with Crippen LogP contribution in [-0.2, 0) is 4.79 Å². The lowest BCUT2D eigenvalue weighted by Gasteiger charge is -2.33. The lowest BCUT2D eigenvalue weighted by molar-refractivity contribution is -0.148. The monoisotopic (exact) mass is 368 g/mol. The van der Waals surface area contributed by atoms with Crippen molar-refractivity contribution in [3.05, 3.63) is 23.8 Å². The fourth-order valence-electron chi connectivity index (χ4n) is 4.49. The predicted molar refractivity (Wildman–Crippen MR) is 101 cm³/mol. The number of carboxylic acid groups (broad SMARTS) is 1. The third-order valence-electron chi connectivity index (χ3n) is 6.28. The molecule has 0 spiro atoms. The summed E-state index contributed by atoms with van der Waals surface area (Å²) in [5, 5.41) is 9.39. The van der Waals surface area contributed by atoms with Gasteiger partial charge in [0, 0.05) is 6.42 Å². The van der Waals surface area contributed by atoms with Crippen molar-refractivity contribution in [1.82, 2.24) is 0 Å². The first-order valence-electron chi connectivity index (χ1n) is 10.4. The van der Waals surface area contributed by atoms with Crippen molar-refractivity contribution < 1.29 is 18.7 Å². The third-order valence-corrected chi connectivity index (χ3v) is 6.28. The number of alkyl halides is 2. The molecule has 0 aliphatic heterocycles. The Bertz CT molecular complexity index is 504. The molecule has 0 bridgehead atoms. The maximum Gasteiger partial charge on any atom is 0.314 e. The van der Waals surface area contributed by atoms with Gasteiger partial charge in [-0.1, -0.05) is 63.7 Å². The van der Waals surface area contributed by atoms with Gasteiger partial charge in [0.05, 0.1) is 5.41 Å². The van der Waals surface area contributed by atoms with E-state index < -0.39 is 24.2 Å². The Hall–Kier alpha value is -1.19. The van der Waals surface area contributed by atoms with E-state index in [1.165, 1.54) is 57.4 Å². The molecular formula is C22H34F2O2. The van der Waals surface area contributed by atoms with Crippen molar-refractivity contribution in [1.29, 1.82) is 0 Å². The minimum Gasteiger partial charge on any atom is -0.481 e. The van der Waals surface area contributed by atoms with E-state index in [0.717, 1.165) is 24.3 Å². The molecule has 2 aliphatic carbocycles. The Labute approximate surface area is 156 Å². The maximum absolute atomic E-state index is 12.8. The highest BCUT2D eigenvalue weighted by atomic mass is 19.3. The highest BCUT2D eigenvalue weighted by Gasteiger charge is 2.40. The molecule has 2 nitrogen and oxygen atoms in total. The number of carbonyl (C=O) groups is 1. The molecule has 0 saturated heterocycles. The van der Waals surface area contributed by atoms with Crippen LogP contribution in [0.4, 0.5) is 8.78 Å². The zero-order valence-corrected chi connectivity index (χ0v) is 16.1. The number of carboxylic acids is 1. The van der Waals surface area contributed by atoms with Crippen LogP contribution in [0.15, 0.2) is 23.8 Å². The van der Waals surface area contributed by atoms with E-state index in [9.17, 15) is 18.7 Å². The van der Waals surface area contributed by atoms with Gasteiger partial charge in [-0.2, -0.15) is 0 Å². The van der Waals surface area contributed by atoms with Crippen molar-refractivity contribution >= 4 is 5.97 Å². The first-order chi connectivity index (χ1) is 12.5. The van der Waals surface area contributed by atoms with Gasteiger partial charge in [-0.15, -0.1) is 0 Å². The molecule has 1 atom stereocenters. The molecule has 0 aromatic carbocycles. The summed E-state index contributed by atoms with van der Waals surface area (Å²) in [5.41, 5.74) is -0.259. The second-order valence-corrected chi connectivity index (χ2v) is 8.22. The highest BCUT2D eigenvalue weighted by molar-refractivity contribution is 5.78. The molecule has 0 amide bonds. The van der Waals surface area contributed by atoms with E-state index in [2.05, 4.69) is 6.92 Å². The topological polar surface area (TPSA) is 37.3 Å². The second-order valence-electron chi connectivity index (χ2n) is 8.22. The zero-order chi connectivity index (χ0) is 19.0. The summed E-state index contributed by atoms with van der Waals surface area (Å²) in [6, 6.07) is 0. The zero-order valence-electron chi connectivity index (χ0n) is 16.1. The van der Waals surface area contributed by atoms with E-state index in [0.29, 0.717) is 5.92 Å². The molecule has 0 aromatic heterocycles. The molecule has 2 aliphatic rings. The Kier molecular flexibility index (Phi) is 8.30. The summed E-state index contributed by atoms with van der Waals surface area (Å²) in [6.07, 6.45) is 15.0. The first-order valence-corrected chi connectivity index (χ1v) is 10.4. The molecule has 0 heterocycles. The number of rotatable bonds is 10. The molecule has 4 heteroatoms. The summed E-state index contributed by atoms with van der Waals surface area (Å²) in [5.74, 6) is 0.162. The summed E-state index contributed by atoms with van der Waals surface area (Å²) in [4.78, 5) is 11.5. The van der Waals surface area contributed by atoms with E-state index in [-0.39, 0.29) is 6.42 Å². The summed E-state index contributed by atoms with van der Waals surface area (Å²) < 4.78 is 25.5. The molecule has 1 unspecified atom stereocenters. The smallest absolute Gasteiger partial charge is 0.314 e. The number of halogens is 2. The minimum absolute atomic E-state index is 0.190. The Morgan fingerprint density at radius 3 is 2.42 bits per heavy atom. The van der Waals surface area contributed by atoms with Crippen LogP contribution >= 0.6 is 0 Å². The number of allylic oxidation sites excluding steroid dienone is 3. The van der Waals surface area contributed by atoms with E-state index in [1.54, 1.807) is 0 Å². The van der Waals surface area contributed by atoms with Crippen LogP contribution in [0.3, 0.4) is 0 Å². The number of hydrogen-bond donors (Lipinski definition) is 1. The van der Waals surface area contributed by atoms with Gasteiger partial charge in [0.15, 0.2) is 0 Å². The van der Waals surface area contributed by atoms with Gasteiger partial charge in [0.25, 0.3) is 0 Å². The molecule has 1 N–H and O–H groups in total. The van der Waals surface area contributed by atoms with Crippen molar-refractivity contribution in [2.24, 2.45) is 17.3 Å². The number of aliphatic carboxylic acids is 1. The quantitative estimate of drug-likeness (QED) is 0.432. The van der Waals surface area contributed by atoms with Crippen LogP contribution < -0.4 is 0 Å². The Morgan fingerprint density at radius 2 is 1.88 bits per heavy atom. The molecule has 1 saturated carbocycles. The Balaban J connectivity index is 1.78. The van der Waals surface area contributed by atoms with Gasteiger partial charge < -0.3 is 5.11 Å². The highest BCUT2D eigenvalue weighted by Crippen LogP contribution is 2.41. The van der Waals surface area contributed by atoms with Gasteiger partial charge in [-0.05, 0) is 49.5 Å². The number of hydrogen-bond acceptors (Lipinski definition) is 1. The SMILES string of the molecule is CCCCCCC[C@H]1CC[C@H](C2=CCC(CC(F)F)(C(=O)O)C=C2)CC1. The molecule has 26 heavy (non-hydrogen) atoms. The number of unbranched alkanes of at least 4 members (excludes halogenated alkanes) is 4. The summed E-state index contributed by atoms with van der Waals surface area (Å²) in [7, 11) is 0. The predicted octanol–water partition coefficient (Wildman–Crippen LogP) is 6.77. The molecule has 2 rings (SSSR count). The summed E-state index contributed by atoms with van der Waals surface area (Å²) in [6.45, 7) is 2.24. The second kappa shape index (κ2) is 10.2. The largest absolute Gasteiger partial charge is 0.481 e. The van der Waals surface area contributed by atoms with Crippen LogP contribution in [0.2, 0.25) is 0 Å². The van der Waals surface area contributed by atoms with Crippen LogP contribution in [-0.4, -0.2) is 17.5 Å². The molecule has 1 fully saturated rings. The minimum atomic E-state index is -2.60. The fourth-order valence-corrected chi connectivity index (χ4v) is 4.49. The maximum atomic E-state index is 12.8. The van der Waals surface area contributed by atoms with Crippen LogP contribution in [0.1, 0.15) is 84.0 Å². The van der Waals surface area contributed by atoms with Gasteiger partial charge in [0.1, 0.15) is 0 Å². The lowest BCUT2D eigenvalue weighted by atomic mass is 9.72. The first kappa shape index (κ1) is 21.1. The Morgan fingerprint density at radius 1 is 1.19 bits per heavy atom. The van der Waals surface area contributed by atoms with Crippen molar-refractivity contribution in [3.63, 3.8) is 0 Å². The van der Waals surface area contributed by atoms with Crippen LogP contribution in [0.25, 0.3) is 0 Å². The van der Waals surface area contributed by atoms with E-state index in [1.807, 2.05) is 12.2 Å². The standard InChI is InChI=1S/C22H34F2O2/c1-2-3-4-5-6-7-17-8-10-18(11-9-17)19-12-14-22(15-13-19,21(25)26)16-20(23)24/h12-14,17-18,20H,2-11,15-16H2,1H3,(H,25,26)/t17-,18-,22?. The van der Waals surface area contributed by atoms with Crippen LogP contribution in [0, 0.1) is 17.3 Å². The molecule has 0 aromatic rings. The van der Waals surface area contributed by atoms with Crippen molar-refractivity contribution in [3.8, 4) is 0 Å². The fraction of sp³-hybridized carbons (Fsp3) is 0.773. The van der Waals surface area contributed by atoms with E-state index >= 15 is 0 Å². The van der Waals surface area contributed by atoms with E-state index in [4.69, 9.17) is 0 Å². The molecule has 148 valence electrons. The van der Waals surface area contributed by atoms with Gasteiger partial charge in [0.2, 0.25) is 6.43 Å². The van der Waals surface area contributed by atoms with Gasteiger partial charge >= 0.3 is 5.97 Å². The molecular weight excluding hydrogens is 334 g/mol. The third kappa shape index (κ3) is 5.92. The van der Waals surface area contributed by atoms with Crippen molar-refractivity contribution in [2.45, 2.75) is 90.4 Å². The van der Waals surface area contributed by atoms with Crippen molar-refractivity contribution in [2.75, 3.05) is 0 Å². The molecule has 0 radical (unpaired) electrons. The average Bonchev–Trinajstić information content (AvgIpc) is 2.62. The van der Waals surface area contributed by atoms with Gasteiger partial charge in [-0.25, -0.2) is 8.78 Å². The van der Waals surface area contributed by atoms with Gasteiger partial charge in [-0.3, -0.25) is 4.79 Å². The average molecular weight is 369 g/mol. The lowest BCUT2D eigenvalue weighted by Crippen LogP contribution is -2.32. The normalized spacial score (nSPS) is 29.0.